The molecule has 6 amide bonds. The maximum Gasteiger partial charge on any atom is 0.336 e. The predicted molar refractivity (Wildman–Crippen MR) is 139 cm³/mol. The molecule has 4 aromatic heterocycles. The minimum atomic E-state index is -0.979. The van der Waals surface area contributed by atoms with Crippen LogP contribution in [0, 0.1) is 0 Å². The summed E-state index contributed by atoms with van der Waals surface area (Å²) in [6, 6.07) is -2.09. The molecule has 0 radical (unpaired) electrons. The summed E-state index contributed by atoms with van der Waals surface area (Å²) < 4.78 is 2.21. The van der Waals surface area contributed by atoms with Crippen LogP contribution in [-0.2, 0) is 19.6 Å². The zero-order valence-electron chi connectivity index (χ0n) is 21.4. The van der Waals surface area contributed by atoms with Gasteiger partial charge in [-0.25, -0.2) is 42.5 Å². The van der Waals surface area contributed by atoms with Crippen LogP contribution in [0.4, 0.5) is 32.2 Å². The Balaban J connectivity index is 1.45. The van der Waals surface area contributed by atoms with Crippen LogP contribution in [0.5, 0.6) is 0 Å². The Kier molecular flexibility index (Phi) is 9.29. The minimum absolute atomic E-state index is 0.0697. The number of hydrogen-bond donors (Lipinski definition) is 9. The van der Waals surface area contributed by atoms with Gasteiger partial charge in [-0.3, -0.25) is 16.0 Å². The molecular weight excluding hydrogens is 564 g/mol. The molecule has 24 heteroatoms. The number of aromatic nitrogens is 12. The van der Waals surface area contributed by atoms with Crippen molar-refractivity contribution in [2.45, 2.75) is 19.6 Å². The molecule has 0 bridgehead atoms. The van der Waals surface area contributed by atoms with E-state index >= 15 is 0 Å². The van der Waals surface area contributed by atoms with Crippen molar-refractivity contribution in [2.24, 2.45) is 0 Å². The molecule has 0 aliphatic heterocycles. The number of aromatic amines is 3. The van der Waals surface area contributed by atoms with Crippen LogP contribution in [0.1, 0.15) is 0 Å². The van der Waals surface area contributed by atoms with Gasteiger partial charge < -0.3 is 30.9 Å². The minimum Gasteiger partial charge on any atom is -0.336 e. The highest BCUT2D eigenvalue weighted by molar-refractivity contribution is 5.88. The van der Waals surface area contributed by atoms with Crippen molar-refractivity contribution in [1.82, 2.24) is 75.2 Å². The van der Waals surface area contributed by atoms with Crippen LogP contribution in [-0.4, -0.2) is 97.0 Å². The molecule has 0 aliphatic carbocycles. The van der Waals surface area contributed by atoms with E-state index in [1.807, 2.05) is 0 Å². The first-order chi connectivity index (χ1) is 20.3. The van der Waals surface area contributed by atoms with Crippen molar-refractivity contribution >= 4 is 35.9 Å². The molecule has 4 rings (SSSR count). The van der Waals surface area contributed by atoms with Gasteiger partial charge in [-0.1, -0.05) is 0 Å². The molecule has 0 aliphatic rings. The Morgan fingerprint density at radius 2 is 0.833 bits per heavy atom. The number of nitrogens with zero attached hydrogens (tertiary/aromatic N) is 9. The van der Waals surface area contributed by atoms with Crippen molar-refractivity contribution in [1.29, 1.82) is 0 Å². The average Bonchev–Trinajstić information content (AvgIpc) is 3.75. The smallest absolute Gasteiger partial charge is 0.336 e. The third-order valence-corrected chi connectivity index (χ3v) is 5.19. The summed E-state index contributed by atoms with van der Waals surface area (Å²) in [6.07, 6.45) is 3.75. The highest BCUT2D eigenvalue weighted by Gasteiger charge is 2.17. The first kappa shape index (κ1) is 28.6. The Hall–Kier alpha value is -6.36. The van der Waals surface area contributed by atoms with Gasteiger partial charge in [0.05, 0.1) is 0 Å². The van der Waals surface area contributed by atoms with Gasteiger partial charge in [0.25, 0.3) is 0 Å². The Labute approximate surface area is 231 Å². The standard InChI is InChI=1S/C18H24N18O6/c37-13(28-10-22-7-25-31-10)19-1-4-34-16(40)35(5-2-20-14(38)29-11-23-8-26-32-11)18(42)36(17(34)41)6-3-21-15(39)30-12-24-9-27-33-12/h7-9H,1-6H2,(H3,19,22,25,28,31,37)(H3,20,23,26,29,32,38)(H3,21,24,27,30,33,39). The van der Waals surface area contributed by atoms with Crippen molar-refractivity contribution in [3.05, 3.63) is 50.4 Å². The molecule has 222 valence electrons. The lowest BCUT2D eigenvalue weighted by molar-refractivity contribution is 0.251. The van der Waals surface area contributed by atoms with E-state index in [1.165, 1.54) is 19.0 Å². The van der Waals surface area contributed by atoms with E-state index in [0.29, 0.717) is 0 Å². The summed E-state index contributed by atoms with van der Waals surface area (Å²) in [7, 11) is 0. The monoisotopic (exact) mass is 588 g/mol. The van der Waals surface area contributed by atoms with E-state index in [4.69, 9.17) is 0 Å². The van der Waals surface area contributed by atoms with Gasteiger partial charge in [0.2, 0.25) is 17.8 Å². The number of amides is 6. The molecule has 0 saturated carbocycles. The van der Waals surface area contributed by atoms with Crippen LogP contribution in [0.25, 0.3) is 0 Å². The van der Waals surface area contributed by atoms with Gasteiger partial charge >= 0.3 is 35.2 Å². The molecule has 0 unspecified atom stereocenters. The van der Waals surface area contributed by atoms with Crippen LogP contribution < -0.4 is 49.0 Å². The van der Waals surface area contributed by atoms with E-state index in [-0.39, 0.29) is 57.1 Å². The maximum absolute atomic E-state index is 13.1. The third-order valence-electron chi connectivity index (χ3n) is 5.19. The molecule has 24 nitrogen and oxygen atoms in total. The summed E-state index contributed by atoms with van der Waals surface area (Å²) >= 11 is 0. The molecule has 9 N–H and O–H groups in total. The van der Waals surface area contributed by atoms with Gasteiger partial charge in [0.1, 0.15) is 19.0 Å². The molecule has 0 aromatic carbocycles. The Morgan fingerprint density at radius 3 is 1.07 bits per heavy atom. The van der Waals surface area contributed by atoms with Crippen LogP contribution >= 0.6 is 0 Å². The number of H-pyrrole nitrogens is 3. The number of rotatable bonds is 12. The van der Waals surface area contributed by atoms with Gasteiger partial charge in [-0.05, 0) is 0 Å². The number of urea groups is 3. The average molecular weight is 589 g/mol. The lowest BCUT2D eigenvalue weighted by Crippen LogP contribution is -2.56. The Morgan fingerprint density at radius 1 is 0.548 bits per heavy atom. The highest BCUT2D eigenvalue weighted by Crippen LogP contribution is 1.93. The number of anilines is 3. The molecule has 0 spiro atoms. The van der Waals surface area contributed by atoms with Gasteiger partial charge in [0, 0.05) is 39.3 Å². The SMILES string of the molecule is O=C(NCCn1c(=O)n(CCNC(=O)Nc2nnc[nH]2)c(=O)n(CCNC(=O)Nc2nnc[nH]2)c1=O)Nc1nnc[nH]1. The van der Waals surface area contributed by atoms with Crippen molar-refractivity contribution in [3.63, 3.8) is 0 Å². The zero-order valence-corrected chi connectivity index (χ0v) is 21.4. The number of hydrogen-bond acceptors (Lipinski definition) is 12. The van der Waals surface area contributed by atoms with Crippen LogP contribution in [0.2, 0.25) is 0 Å². The second-order valence-electron chi connectivity index (χ2n) is 7.96. The van der Waals surface area contributed by atoms with E-state index in [0.717, 1.165) is 13.7 Å². The predicted octanol–water partition coefficient (Wildman–Crippen LogP) is -4.01. The summed E-state index contributed by atoms with van der Waals surface area (Å²) in [5.74, 6) is 0.209. The second-order valence-corrected chi connectivity index (χ2v) is 7.96. The topological polar surface area (TPSA) is 314 Å². The van der Waals surface area contributed by atoms with Gasteiger partial charge in [0.15, 0.2) is 0 Å². The molecule has 0 atom stereocenters. The first-order valence-corrected chi connectivity index (χ1v) is 12.0. The van der Waals surface area contributed by atoms with E-state index in [2.05, 4.69) is 77.4 Å². The molecular formula is C18H24N18O6. The summed E-state index contributed by atoms with van der Waals surface area (Å²) in [5, 5.41) is 35.7. The quantitative estimate of drug-likeness (QED) is 0.0764. The number of carbonyl (C=O) groups excluding carboxylic acids is 3. The van der Waals surface area contributed by atoms with E-state index < -0.39 is 35.2 Å². The lowest BCUT2D eigenvalue weighted by atomic mass is 10.5. The van der Waals surface area contributed by atoms with E-state index in [1.54, 1.807) is 0 Å². The molecule has 0 fully saturated rings. The fourth-order valence-corrected chi connectivity index (χ4v) is 3.36. The summed E-state index contributed by atoms with van der Waals surface area (Å²) in [4.78, 5) is 83.1. The first-order valence-electron chi connectivity index (χ1n) is 12.0. The molecule has 4 heterocycles. The normalized spacial score (nSPS) is 10.6. The Bertz CT molecular complexity index is 1430. The van der Waals surface area contributed by atoms with Crippen LogP contribution in [0.15, 0.2) is 33.4 Å². The summed E-state index contributed by atoms with van der Waals surface area (Å²) in [5.41, 5.74) is -2.94. The van der Waals surface area contributed by atoms with Crippen molar-refractivity contribution in [3.8, 4) is 0 Å². The maximum atomic E-state index is 13.1. The second kappa shape index (κ2) is 13.6. The molecule has 4 aromatic rings. The van der Waals surface area contributed by atoms with Crippen LogP contribution in [0.3, 0.4) is 0 Å². The van der Waals surface area contributed by atoms with Crippen molar-refractivity contribution in [2.75, 3.05) is 35.6 Å². The van der Waals surface area contributed by atoms with E-state index in [9.17, 15) is 28.8 Å². The largest absolute Gasteiger partial charge is 0.336 e. The third kappa shape index (κ3) is 7.61. The zero-order chi connectivity index (χ0) is 29.9. The molecule has 42 heavy (non-hydrogen) atoms. The summed E-state index contributed by atoms with van der Waals surface area (Å²) in [6.45, 7) is -1.53. The number of nitrogens with one attached hydrogen (secondary N) is 9. The van der Waals surface area contributed by atoms with Crippen molar-refractivity contribution < 1.29 is 14.4 Å². The van der Waals surface area contributed by atoms with Gasteiger partial charge in [-0.15, -0.1) is 30.6 Å². The fourth-order valence-electron chi connectivity index (χ4n) is 3.36. The lowest BCUT2D eigenvalue weighted by Gasteiger charge is -2.15. The fraction of sp³-hybridized carbons (Fsp3) is 0.333. The highest BCUT2D eigenvalue weighted by atomic mass is 16.2. The molecule has 0 saturated heterocycles. The number of carbonyl (C=O) groups is 3. The van der Waals surface area contributed by atoms with Gasteiger partial charge in [-0.2, -0.15) is 0 Å².